The van der Waals surface area contributed by atoms with E-state index in [0.717, 1.165) is 35.5 Å². The van der Waals surface area contributed by atoms with Gasteiger partial charge in [0.05, 0.1) is 11.4 Å². The summed E-state index contributed by atoms with van der Waals surface area (Å²) in [5.74, 6) is 1.62. The zero-order chi connectivity index (χ0) is 12.8. The van der Waals surface area contributed by atoms with E-state index in [9.17, 15) is 0 Å². The van der Waals surface area contributed by atoms with Crippen LogP contribution >= 0.6 is 25.3 Å². The van der Waals surface area contributed by atoms with E-state index in [2.05, 4.69) is 41.3 Å². The topological polar surface area (TPSA) is 25.8 Å². The Morgan fingerprint density at radius 3 is 1.89 bits per heavy atom. The zero-order valence-electron chi connectivity index (χ0n) is 10.1. The molecule has 2 heterocycles. The van der Waals surface area contributed by atoms with E-state index in [1.54, 1.807) is 0 Å². The Labute approximate surface area is 119 Å². The largest absolute Gasteiger partial charge is 0.254 e. The molecule has 2 aromatic rings. The molecule has 0 fully saturated rings. The summed E-state index contributed by atoms with van der Waals surface area (Å²) in [6.45, 7) is 0. The van der Waals surface area contributed by atoms with Crippen molar-refractivity contribution >= 4 is 25.3 Å². The minimum Gasteiger partial charge on any atom is -0.254 e. The van der Waals surface area contributed by atoms with Gasteiger partial charge in [0.15, 0.2) is 0 Å². The fraction of sp³-hybridized carbons (Fsp3) is 0.286. The molecule has 4 heteroatoms. The first-order valence-electron chi connectivity index (χ1n) is 5.95. The van der Waals surface area contributed by atoms with Crippen molar-refractivity contribution in [2.45, 2.75) is 18.6 Å². The van der Waals surface area contributed by atoms with Gasteiger partial charge < -0.3 is 0 Å². The fourth-order valence-electron chi connectivity index (χ4n) is 1.68. The lowest BCUT2D eigenvalue weighted by atomic mass is 10.1. The third-order valence-electron chi connectivity index (χ3n) is 2.72. The van der Waals surface area contributed by atoms with Gasteiger partial charge >= 0.3 is 0 Å². The van der Waals surface area contributed by atoms with Crippen molar-refractivity contribution in [1.82, 2.24) is 9.97 Å². The third-order valence-corrected chi connectivity index (χ3v) is 3.40. The second-order valence-electron chi connectivity index (χ2n) is 4.09. The van der Waals surface area contributed by atoms with Crippen molar-refractivity contribution in [3.8, 4) is 11.4 Å². The quantitative estimate of drug-likeness (QED) is 0.818. The van der Waals surface area contributed by atoms with E-state index >= 15 is 0 Å². The van der Waals surface area contributed by atoms with Crippen molar-refractivity contribution in [3.05, 3.63) is 47.8 Å². The molecule has 0 saturated carbocycles. The van der Waals surface area contributed by atoms with E-state index < -0.39 is 0 Å². The lowest BCUT2D eigenvalue weighted by Crippen LogP contribution is -1.92. The SMILES string of the molecule is SCCCc1ccc(-c2ccc(CS)cn2)nc1. The highest BCUT2D eigenvalue weighted by atomic mass is 32.1. The molecule has 0 radical (unpaired) electrons. The Hall–Kier alpha value is -1.00. The first-order valence-corrected chi connectivity index (χ1v) is 7.22. The lowest BCUT2D eigenvalue weighted by Gasteiger charge is -2.03. The molecule has 2 rings (SSSR count). The highest BCUT2D eigenvalue weighted by Gasteiger charge is 2.01. The number of nitrogens with zero attached hydrogens (tertiary/aromatic N) is 2. The van der Waals surface area contributed by atoms with Crippen LogP contribution in [0.2, 0.25) is 0 Å². The minimum absolute atomic E-state index is 0.712. The maximum absolute atomic E-state index is 4.45. The van der Waals surface area contributed by atoms with Gasteiger partial charge in [0.1, 0.15) is 0 Å². The van der Waals surface area contributed by atoms with Crippen LogP contribution in [0.4, 0.5) is 0 Å². The predicted molar refractivity (Wildman–Crippen MR) is 82.3 cm³/mol. The van der Waals surface area contributed by atoms with Gasteiger partial charge in [0.2, 0.25) is 0 Å². The monoisotopic (exact) mass is 276 g/mol. The average molecular weight is 276 g/mol. The van der Waals surface area contributed by atoms with Crippen LogP contribution in [0.25, 0.3) is 11.4 Å². The Morgan fingerprint density at radius 2 is 1.44 bits per heavy atom. The molecular weight excluding hydrogens is 260 g/mol. The predicted octanol–water partition coefficient (Wildman–Crippen LogP) is 3.44. The number of aryl methyl sites for hydroxylation is 1. The smallest absolute Gasteiger partial charge is 0.0886 e. The summed E-state index contributed by atoms with van der Waals surface area (Å²) >= 11 is 8.43. The molecule has 0 aromatic carbocycles. The highest BCUT2D eigenvalue weighted by Crippen LogP contribution is 2.16. The molecule has 0 aliphatic rings. The molecule has 0 atom stereocenters. The molecule has 0 bridgehead atoms. The van der Waals surface area contributed by atoms with Crippen LogP contribution in [0.1, 0.15) is 17.5 Å². The van der Waals surface area contributed by atoms with Crippen LogP contribution in [0.5, 0.6) is 0 Å². The molecule has 0 aliphatic heterocycles. The fourth-order valence-corrected chi connectivity index (χ4v) is 2.02. The Bertz CT molecular complexity index is 480. The average Bonchev–Trinajstić information content (AvgIpc) is 2.46. The van der Waals surface area contributed by atoms with Crippen molar-refractivity contribution < 1.29 is 0 Å². The van der Waals surface area contributed by atoms with Gasteiger partial charge in [-0.2, -0.15) is 25.3 Å². The van der Waals surface area contributed by atoms with E-state index in [4.69, 9.17) is 0 Å². The molecule has 0 spiro atoms. The van der Waals surface area contributed by atoms with Gasteiger partial charge in [-0.25, -0.2) is 0 Å². The second-order valence-corrected chi connectivity index (χ2v) is 4.85. The van der Waals surface area contributed by atoms with E-state index in [1.807, 2.05) is 30.6 Å². The molecule has 0 aliphatic carbocycles. The minimum atomic E-state index is 0.712. The molecule has 0 amide bonds. The van der Waals surface area contributed by atoms with Crippen molar-refractivity contribution in [2.24, 2.45) is 0 Å². The van der Waals surface area contributed by atoms with Gasteiger partial charge in [-0.1, -0.05) is 12.1 Å². The number of hydrogen-bond acceptors (Lipinski definition) is 4. The molecule has 0 N–H and O–H groups in total. The van der Waals surface area contributed by atoms with Crippen LogP contribution in [0.3, 0.4) is 0 Å². The Kier molecular flexibility index (Phi) is 5.08. The highest BCUT2D eigenvalue weighted by molar-refractivity contribution is 7.80. The van der Waals surface area contributed by atoms with Gasteiger partial charge in [-0.05, 0) is 41.9 Å². The van der Waals surface area contributed by atoms with E-state index in [0.29, 0.717) is 5.75 Å². The summed E-state index contributed by atoms with van der Waals surface area (Å²) in [4.78, 5) is 8.84. The Balaban J connectivity index is 2.12. The summed E-state index contributed by atoms with van der Waals surface area (Å²) in [5.41, 5.74) is 4.18. The molecule has 0 unspecified atom stereocenters. The van der Waals surface area contributed by atoms with Crippen LogP contribution in [0, 0.1) is 0 Å². The Morgan fingerprint density at radius 1 is 0.833 bits per heavy atom. The standard InChI is InChI=1S/C14H16N2S2/c17-7-1-2-11-3-5-13(15-8-11)14-6-4-12(10-18)9-16-14/h3-6,8-9,17-18H,1-2,7,10H2. The van der Waals surface area contributed by atoms with Crippen LogP contribution < -0.4 is 0 Å². The van der Waals surface area contributed by atoms with Crippen molar-refractivity contribution in [3.63, 3.8) is 0 Å². The van der Waals surface area contributed by atoms with Crippen molar-refractivity contribution in [1.29, 1.82) is 0 Å². The normalized spacial score (nSPS) is 10.6. The molecule has 94 valence electrons. The maximum Gasteiger partial charge on any atom is 0.0886 e. The first-order chi connectivity index (χ1) is 8.83. The number of thiol groups is 2. The molecule has 2 nitrogen and oxygen atoms in total. The van der Waals surface area contributed by atoms with Gasteiger partial charge in [0, 0.05) is 18.1 Å². The summed E-state index contributed by atoms with van der Waals surface area (Å²) in [6.07, 6.45) is 5.88. The number of aromatic nitrogens is 2. The lowest BCUT2D eigenvalue weighted by molar-refractivity contribution is 0.927. The summed E-state index contributed by atoms with van der Waals surface area (Å²) in [5, 5.41) is 0. The van der Waals surface area contributed by atoms with Crippen LogP contribution in [0.15, 0.2) is 36.7 Å². The van der Waals surface area contributed by atoms with Crippen molar-refractivity contribution in [2.75, 3.05) is 5.75 Å². The summed E-state index contributed by atoms with van der Waals surface area (Å²) < 4.78 is 0. The molecular formula is C14H16N2S2. The zero-order valence-corrected chi connectivity index (χ0v) is 11.9. The molecule has 0 saturated heterocycles. The summed E-state index contributed by atoms with van der Waals surface area (Å²) in [7, 11) is 0. The summed E-state index contributed by atoms with van der Waals surface area (Å²) in [6, 6.07) is 8.16. The maximum atomic E-state index is 4.45. The van der Waals surface area contributed by atoms with Gasteiger partial charge in [-0.15, -0.1) is 0 Å². The number of rotatable bonds is 5. The molecule has 2 aromatic heterocycles. The van der Waals surface area contributed by atoms with Gasteiger partial charge in [-0.3, -0.25) is 9.97 Å². The third kappa shape index (κ3) is 3.50. The van der Waals surface area contributed by atoms with Crippen LogP contribution in [-0.2, 0) is 12.2 Å². The first kappa shape index (κ1) is 13.4. The van der Waals surface area contributed by atoms with Crippen LogP contribution in [-0.4, -0.2) is 15.7 Å². The molecule has 18 heavy (non-hydrogen) atoms. The van der Waals surface area contributed by atoms with E-state index in [-0.39, 0.29) is 0 Å². The number of pyridine rings is 2. The van der Waals surface area contributed by atoms with E-state index in [1.165, 1.54) is 5.56 Å². The number of hydrogen-bond donors (Lipinski definition) is 2. The second kappa shape index (κ2) is 6.81. The van der Waals surface area contributed by atoms with Gasteiger partial charge in [0.25, 0.3) is 0 Å².